The molecule has 5 rings (SSSR count). The number of halogens is 3. The van der Waals surface area contributed by atoms with E-state index in [0.29, 0.717) is 44.7 Å². The third kappa shape index (κ3) is 6.17. The number of rotatable bonds is 7. The fourth-order valence-corrected chi connectivity index (χ4v) is 6.36. The molecule has 3 aromatic carbocycles. The summed E-state index contributed by atoms with van der Waals surface area (Å²) in [5.74, 6) is 0.108. The van der Waals surface area contributed by atoms with Gasteiger partial charge in [-0.25, -0.2) is 0 Å². The molecule has 0 aliphatic carbocycles. The third-order valence-electron chi connectivity index (χ3n) is 6.59. The van der Waals surface area contributed by atoms with Crippen molar-refractivity contribution < 1.29 is 23.9 Å². The number of nitrogens with zero attached hydrogens (tertiary/aromatic N) is 2. The number of ether oxygens (including phenoxy) is 2. The lowest BCUT2D eigenvalue weighted by Gasteiger charge is -2.29. The van der Waals surface area contributed by atoms with Gasteiger partial charge in [0, 0.05) is 28.7 Å². The van der Waals surface area contributed by atoms with Crippen molar-refractivity contribution in [3.63, 3.8) is 0 Å². The molecule has 0 N–H and O–H groups in total. The van der Waals surface area contributed by atoms with Gasteiger partial charge in [-0.2, -0.15) is 0 Å². The normalized spacial score (nSPS) is 15.9. The van der Waals surface area contributed by atoms with Crippen LogP contribution in [0.5, 0.6) is 11.5 Å². The van der Waals surface area contributed by atoms with Crippen molar-refractivity contribution in [1.82, 2.24) is 9.80 Å². The molecule has 11 heteroatoms. The Bertz CT molecular complexity index is 1550. The minimum atomic E-state index is -0.506. The van der Waals surface area contributed by atoms with Gasteiger partial charge in [-0.1, -0.05) is 53.5 Å². The van der Waals surface area contributed by atoms with Gasteiger partial charge in [-0.15, -0.1) is 0 Å². The zero-order chi connectivity index (χ0) is 28.4. The van der Waals surface area contributed by atoms with Crippen LogP contribution in [0.4, 0.5) is 4.79 Å². The molecule has 206 valence electrons. The lowest BCUT2D eigenvalue weighted by atomic mass is 10.00. The first-order chi connectivity index (χ1) is 19.2. The summed E-state index contributed by atoms with van der Waals surface area (Å²) in [7, 11) is 1.51. The highest BCUT2D eigenvalue weighted by Crippen LogP contribution is 2.40. The van der Waals surface area contributed by atoms with Crippen molar-refractivity contribution >= 4 is 74.0 Å². The largest absolute Gasteiger partial charge is 0.493 e. The molecule has 0 radical (unpaired) electrons. The average molecular weight is 662 g/mol. The van der Waals surface area contributed by atoms with E-state index in [1.807, 2.05) is 18.2 Å². The number of thioether (sulfide) groups is 1. The van der Waals surface area contributed by atoms with Crippen LogP contribution in [0.1, 0.15) is 22.3 Å². The fraction of sp³-hybridized carbons (Fsp3) is 0.207. The molecule has 1 saturated heterocycles. The Balaban J connectivity index is 1.28. The van der Waals surface area contributed by atoms with Crippen LogP contribution in [0.25, 0.3) is 6.08 Å². The van der Waals surface area contributed by atoms with Crippen molar-refractivity contribution in [2.45, 2.75) is 19.6 Å². The highest BCUT2D eigenvalue weighted by atomic mass is 79.9. The van der Waals surface area contributed by atoms with Gasteiger partial charge in [-0.05, 0) is 81.1 Å². The van der Waals surface area contributed by atoms with Gasteiger partial charge < -0.3 is 14.4 Å². The van der Waals surface area contributed by atoms with Gasteiger partial charge in [-0.3, -0.25) is 19.3 Å². The van der Waals surface area contributed by atoms with Crippen LogP contribution in [0.3, 0.4) is 0 Å². The van der Waals surface area contributed by atoms with E-state index in [0.717, 1.165) is 34.2 Å². The third-order valence-corrected chi connectivity index (χ3v) is 8.67. The van der Waals surface area contributed by atoms with Gasteiger partial charge in [0.2, 0.25) is 5.91 Å². The number of benzene rings is 3. The molecule has 0 bridgehead atoms. The summed E-state index contributed by atoms with van der Waals surface area (Å²) in [6, 6.07) is 16.6. The second-order valence-corrected chi connectivity index (χ2v) is 11.9. The molecule has 0 unspecified atom stereocenters. The first-order valence-electron chi connectivity index (χ1n) is 12.3. The van der Waals surface area contributed by atoms with Gasteiger partial charge in [0.25, 0.3) is 11.1 Å². The predicted octanol–water partition coefficient (Wildman–Crippen LogP) is 6.96. The highest BCUT2D eigenvalue weighted by molar-refractivity contribution is 9.10. The van der Waals surface area contributed by atoms with Crippen LogP contribution in [0.2, 0.25) is 10.0 Å². The van der Waals surface area contributed by atoms with Crippen LogP contribution in [0, 0.1) is 0 Å². The van der Waals surface area contributed by atoms with Crippen molar-refractivity contribution in [3.05, 3.63) is 96.3 Å². The number of carbonyl (C=O) groups excluding carboxylic acids is 3. The Hall–Kier alpha value is -2.98. The van der Waals surface area contributed by atoms with E-state index in [1.54, 1.807) is 41.3 Å². The Morgan fingerprint density at radius 3 is 2.62 bits per heavy atom. The number of imide groups is 1. The van der Waals surface area contributed by atoms with Crippen LogP contribution >= 0.6 is 50.9 Å². The van der Waals surface area contributed by atoms with Crippen LogP contribution < -0.4 is 9.47 Å². The minimum absolute atomic E-state index is 0.180. The Labute approximate surface area is 254 Å². The molecule has 2 heterocycles. The fourth-order valence-electron chi connectivity index (χ4n) is 4.48. The van der Waals surface area contributed by atoms with Gasteiger partial charge in [0.1, 0.15) is 13.2 Å². The second-order valence-electron chi connectivity index (χ2n) is 9.16. The standard InChI is InChI=1S/C29H23BrCl2N2O5S/c1-38-24-11-17(10-22(30)27(24)39-16-20-6-7-21(31)13-23(20)32)12-25-28(36)34(29(37)40-25)15-26(35)33-9-8-18-4-2-3-5-19(18)14-33/h2-7,10-13H,8-9,14-16H2,1H3/b25-12+. The van der Waals surface area contributed by atoms with E-state index in [1.165, 1.54) is 12.7 Å². The first-order valence-corrected chi connectivity index (χ1v) is 14.6. The molecule has 0 atom stereocenters. The average Bonchev–Trinajstić information content (AvgIpc) is 3.19. The molecule has 2 aliphatic heterocycles. The molecule has 0 spiro atoms. The quantitative estimate of drug-likeness (QED) is 0.255. The van der Waals surface area contributed by atoms with Crippen molar-refractivity contribution in [2.24, 2.45) is 0 Å². The second kappa shape index (κ2) is 12.3. The smallest absolute Gasteiger partial charge is 0.294 e. The maximum absolute atomic E-state index is 13.1. The van der Waals surface area contributed by atoms with Crippen molar-refractivity contribution in [3.8, 4) is 11.5 Å². The van der Waals surface area contributed by atoms with E-state index < -0.39 is 11.1 Å². The maximum Gasteiger partial charge on any atom is 0.294 e. The number of carbonyl (C=O) groups is 3. The molecule has 3 amide bonds. The predicted molar refractivity (Wildman–Crippen MR) is 160 cm³/mol. The van der Waals surface area contributed by atoms with Gasteiger partial charge in [0.05, 0.1) is 16.5 Å². The molecule has 0 saturated carbocycles. The monoisotopic (exact) mass is 660 g/mol. The Kier molecular flexibility index (Phi) is 8.75. The number of methoxy groups -OCH3 is 1. The van der Waals surface area contributed by atoms with E-state index in [4.69, 9.17) is 32.7 Å². The number of hydrogen-bond acceptors (Lipinski definition) is 6. The molecular weight excluding hydrogens is 639 g/mol. The maximum atomic E-state index is 13.1. The van der Waals surface area contributed by atoms with Crippen molar-refractivity contribution in [1.29, 1.82) is 0 Å². The van der Waals surface area contributed by atoms with Crippen LogP contribution in [-0.2, 0) is 29.2 Å². The topological polar surface area (TPSA) is 76.2 Å². The molecule has 2 aliphatic rings. The van der Waals surface area contributed by atoms with E-state index in [9.17, 15) is 14.4 Å². The Morgan fingerprint density at radius 2 is 1.88 bits per heavy atom. The highest BCUT2D eigenvalue weighted by Gasteiger charge is 2.37. The number of amides is 3. The van der Waals surface area contributed by atoms with Crippen LogP contribution in [0.15, 0.2) is 64.0 Å². The lowest BCUT2D eigenvalue weighted by molar-refractivity contribution is -0.136. The minimum Gasteiger partial charge on any atom is -0.493 e. The molecule has 3 aromatic rings. The molecule has 1 fully saturated rings. The summed E-state index contributed by atoms with van der Waals surface area (Å²) >= 11 is 16.5. The summed E-state index contributed by atoms with van der Waals surface area (Å²) in [5.41, 5.74) is 3.66. The SMILES string of the molecule is COc1cc(/C=C2/SC(=O)N(CC(=O)N3CCc4ccccc4C3)C2=O)cc(Br)c1OCc1ccc(Cl)cc1Cl. The van der Waals surface area contributed by atoms with E-state index in [2.05, 4.69) is 22.0 Å². The summed E-state index contributed by atoms with van der Waals surface area (Å²) < 4.78 is 12.1. The number of fused-ring (bicyclic) bond motifs is 1. The Morgan fingerprint density at radius 1 is 1.10 bits per heavy atom. The lowest BCUT2D eigenvalue weighted by Crippen LogP contribution is -2.44. The first kappa shape index (κ1) is 28.5. The molecule has 0 aromatic heterocycles. The zero-order valence-corrected chi connectivity index (χ0v) is 25.2. The van der Waals surface area contributed by atoms with Crippen LogP contribution in [-0.4, -0.2) is 47.1 Å². The van der Waals surface area contributed by atoms with Crippen molar-refractivity contribution in [2.75, 3.05) is 20.2 Å². The number of hydrogen-bond donors (Lipinski definition) is 0. The van der Waals surface area contributed by atoms with E-state index >= 15 is 0 Å². The summed E-state index contributed by atoms with van der Waals surface area (Å²) in [6.07, 6.45) is 2.34. The van der Waals surface area contributed by atoms with Gasteiger partial charge in [0.15, 0.2) is 11.5 Å². The van der Waals surface area contributed by atoms with E-state index in [-0.39, 0.29) is 24.0 Å². The summed E-state index contributed by atoms with van der Waals surface area (Å²) in [4.78, 5) is 41.7. The molecule has 40 heavy (non-hydrogen) atoms. The zero-order valence-electron chi connectivity index (χ0n) is 21.3. The molecule has 7 nitrogen and oxygen atoms in total. The van der Waals surface area contributed by atoms with Gasteiger partial charge >= 0.3 is 0 Å². The summed E-state index contributed by atoms with van der Waals surface area (Å²) in [6.45, 7) is 0.902. The summed E-state index contributed by atoms with van der Waals surface area (Å²) in [5, 5.41) is 0.536. The molecular formula is C29H23BrCl2N2O5S.